The van der Waals surface area contributed by atoms with Crippen LogP contribution >= 0.6 is 0 Å². The van der Waals surface area contributed by atoms with E-state index >= 15 is 0 Å². The molecule has 0 aromatic heterocycles. The molecule has 1 fully saturated rings. The van der Waals surface area contributed by atoms with Crippen LogP contribution in [0.25, 0.3) is 0 Å². The Morgan fingerprint density at radius 1 is 1.17 bits per heavy atom. The van der Waals surface area contributed by atoms with Crippen molar-refractivity contribution in [1.29, 1.82) is 0 Å². The highest BCUT2D eigenvalue weighted by molar-refractivity contribution is 5.31. The topological polar surface area (TPSA) is 35.2 Å². The number of methoxy groups -OCH3 is 1. The number of ether oxygens (including phenoxy) is 1. The van der Waals surface area contributed by atoms with Crippen molar-refractivity contribution < 1.29 is 4.74 Å². The number of hydrogen-bond acceptors (Lipinski definition) is 2. The van der Waals surface area contributed by atoms with Gasteiger partial charge in [0, 0.05) is 5.54 Å². The van der Waals surface area contributed by atoms with E-state index in [2.05, 4.69) is 19.1 Å². The summed E-state index contributed by atoms with van der Waals surface area (Å²) in [6.45, 7) is 2.16. The number of hydrogen-bond donors (Lipinski definition) is 1. The summed E-state index contributed by atoms with van der Waals surface area (Å²) in [5, 5.41) is 0. The molecular weight excluding hydrogens is 222 g/mol. The minimum atomic E-state index is -0.214. The van der Waals surface area contributed by atoms with Crippen molar-refractivity contribution >= 4 is 0 Å². The van der Waals surface area contributed by atoms with Crippen LogP contribution < -0.4 is 10.5 Å². The Balaban J connectivity index is 2.03. The monoisotopic (exact) mass is 247 g/mol. The summed E-state index contributed by atoms with van der Waals surface area (Å²) in [5.74, 6) is 1.70. The lowest BCUT2D eigenvalue weighted by atomic mass is 9.77. The molecule has 0 aliphatic heterocycles. The zero-order chi connectivity index (χ0) is 13.0. The van der Waals surface area contributed by atoms with Crippen LogP contribution in [0.4, 0.5) is 0 Å². The lowest BCUT2D eigenvalue weighted by Gasteiger charge is -2.32. The predicted molar refractivity (Wildman–Crippen MR) is 75.7 cm³/mol. The zero-order valence-electron chi connectivity index (χ0n) is 11.6. The molecule has 1 unspecified atom stereocenters. The van der Waals surface area contributed by atoms with E-state index in [-0.39, 0.29) is 5.54 Å². The maximum atomic E-state index is 6.52. The van der Waals surface area contributed by atoms with Crippen LogP contribution in [0.3, 0.4) is 0 Å². The lowest BCUT2D eigenvalue weighted by Crippen LogP contribution is -2.35. The Morgan fingerprint density at radius 2 is 1.78 bits per heavy atom. The van der Waals surface area contributed by atoms with Gasteiger partial charge in [0.2, 0.25) is 0 Å². The SMILES string of the molecule is COc1ccc(C(C)(N)CC2CCCCC2)cc1. The molecule has 0 bridgehead atoms. The van der Waals surface area contributed by atoms with Gasteiger partial charge in [0.1, 0.15) is 5.75 Å². The molecule has 1 aliphatic rings. The van der Waals surface area contributed by atoms with Crippen LogP contribution in [0.2, 0.25) is 0 Å². The normalized spacial score (nSPS) is 20.4. The minimum absolute atomic E-state index is 0.214. The van der Waals surface area contributed by atoms with Crippen molar-refractivity contribution in [1.82, 2.24) is 0 Å². The smallest absolute Gasteiger partial charge is 0.118 e. The maximum absolute atomic E-state index is 6.52. The van der Waals surface area contributed by atoms with E-state index in [0.29, 0.717) is 0 Å². The van der Waals surface area contributed by atoms with Gasteiger partial charge in [-0.25, -0.2) is 0 Å². The second kappa shape index (κ2) is 5.75. The molecule has 2 N–H and O–H groups in total. The van der Waals surface area contributed by atoms with Crippen LogP contribution in [-0.2, 0) is 5.54 Å². The van der Waals surface area contributed by atoms with E-state index in [1.807, 2.05) is 12.1 Å². The zero-order valence-corrected chi connectivity index (χ0v) is 11.6. The third-order valence-corrected chi connectivity index (χ3v) is 4.19. The quantitative estimate of drug-likeness (QED) is 0.877. The Bertz CT molecular complexity index is 363. The first-order valence-corrected chi connectivity index (χ1v) is 7.05. The molecule has 18 heavy (non-hydrogen) atoms. The van der Waals surface area contributed by atoms with E-state index < -0.39 is 0 Å². The second-order valence-electron chi connectivity index (χ2n) is 5.85. The summed E-state index contributed by atoms with van der Waals surface area (Å²) >= 11 is 0. The summed E-state index contributed by atoms with van der Waals surface area (Å²) in [6.07, 6.45) is 7.96. The van der Waals surface area contributed by atoms with E-state index in [4.69, 9.17) is 10.5 Å². The highest BCUT2D eigenvalue weighted by Crippen LogP contribution is 2.34. The maximum Gasteiger partial charge on any atom is 0.118 e. The summed E-state index contributed by atoms with van der Waals surface area (Å²) in [6, 6.07) is 8.20. The molecule has 1 aromatic rings. The number of nitrogens with two attached hydrogens (primary N) is 1. The molecule has 0 saturated heterocycles. The van der Waals surface area contributed by atoms with Crippen LogP contribution in [0.1, 0.15) is 51.0 Å². The average Bonchev–Trinajstić information content (AvgIpc) is 2.39. The summed E-state index contributed by atoms with van der Waals surface area (Å²) in [5.41, 5.74) is 7.52. The second-order valence-corrected chi connectivity index (χ2v) is 5.85. The van der Waals surface area contributed by atoms with Gasteiger partial charge in [0.05, 0.1) is 7.11 Å². The van der Waals surface area contributed by atoms with Gasteiger partial charge in [-0.05, 0) is 37.0 Å². The minimum Gasteiger partial charge on any atom is -0.497 e. The van der Waals surface area contributed by atoms with Gasteiger partial charge >= 0.3 is 0 Å². The fourth-order valence-corrected chi connectivity index (χ4v) is 3.08. The summed E-state index contributed by atoms with van der Waals surface area (Å²) in [7, 11) is 1.69. The fourth-order valence-electron chi connectivity index (χ4n) is 3.08. The molecule has 2 rings (SSSR count). The van der Waals surface area contributed by atoms with Crippen LogP contribution in [0, 0.1) is 5.92 Å². The van der Waals surface area contributed by atoms with Gasteiger partial charge in [-0.1, -0.05) is 44.2 Å². The van der Waals surface area contributed by atoms with Gasteiger partial charge in [-0.15, -0.1) is 0 Å². The average molecular weight is 247 g/mol. The van der Waals surface area contributed by atoms with Crippen molar-refractivity contribution in [3.8, 4) is 5.75 Å². The Kier molecular flexibility index (Phi) is 4.28. The molecule has 100 valence electrons. The largest absolute Gasteiger partial charge is 0.497 e. The molecule has 0 radical (unpaired) electrons. The van der Waals surface area contributed by atoms with Gasteiger partial charge in [0.25, 0.3) is 0 Å². The first kappa shape index (κ1) is 13.4. The third kappa shape index (κ3) is 3.26. The van der Waals surface area contributed by atoms with E-state index in [9.17, 15) is 0 Å². The van der Waals surface area contributed by atoms with Crippen molar-refractivity contribution in [3.63, 3.8) is 0 Å². The Morgan fingerprint density at radius 3 is 2.33 bits per heavy atom. The molecule has 0 amide bonds. The molecule has 1 aliphatic carbocycles. The lowest BCUT2D eigenvalue weighted by molar-refractivity contribution is 0.272. The number of rotatable bonds is 4. The highest BCUT2D eigenvalue weighted by Gasteiger charge is 2.26. The van der Waals surface area contributed by atoms with E-state index in [1.54, 1.807) is 7.11 Å². The first-order valence-electron chi connectivity index (χ1n) is 7.05. The molecule has 1 saturated carbocycles. The molecular formula is C16H25NO. The van der Waals surface area contributed by atoms with E-state index in [0.717, 1.165) is 18.1 Å². The first-order chi connectivity index (χ1) is 8.62. The fraction of sp³-hybridized carbons (Fsp3) is 0.625. The molecule has 1 atom stereocenters. The third-order valence-electron chi connectivity index (χ3n) is 4.19. The van der Waals surface area contributed by atoms with Gasteiger partial charge in [-0.2, -0.15) is 0 Å². The standard InChI is InChI=1S/C16H25NO/c1-16(17,12-13-6-4-3-5-7-13)14-8-10-15(18-2)11-9-14/h8-11,13H,3-7,12,17H2,1-2H3. The van der Waals surface area contributed by atoms with Crippen molar-refractivity contribution in [3.05, 3.63) is 29.8 Å². The highest BCUT2D eigenvalue weighted by atomic mass is 16.5. The van der Waals surface area contributed by atoms with E-state index in [1.165, 1.54) is 37.7 Å². The van der Waals surface area contributed by atoms with Gasteiger partial charge in [0.15, 0.2) is 0 Å². The molecule has 0 spiro atoms. The van der Waals surface area contributed by atoms with Gasteiger partial charge < -0.3 is 10.5 Å². The summed E-state index contributed by atoms with van der Waals surface area (Å²) < 4.78 is 5.19. The van der Waals surface area contributed by atoms with Crippen LogP contribution in [0.15, 0.2) is 24.3 Å². The van der Waals surface area contributed by atoms with Crippen molar-refractivity contribution in [2.45, 2.75) is 51.0 Å². The Hall–Kier alpha value is -1.02. The van der Waals surface area contributed by atoms with Crippen LogP contribution in [0.5, 0.6) is 5.75 Å². The molecule has 2 nitrogen and oxygen atoms in total. The Labute approximate surface area is 111 Å². The molecule has 1 aromatic carbocycles. The van der Waals surface area contributed by atoms with Crippen LogP contribution in [-0.4, -0.2) is 7.11 Å². The molecule has 2 heteroatoms. The van der Waals surface area contributed by atoms with Crippen molar-refractivity contribution in [2.24, 2.45) is 11.7 Å². The van der Waals surface area contributed by atoms with Gasteiger partial charge in [-0.3, -0.25) is 0 Å². The number of benzene rings is 1. The summed E-state index contributed by atoms with van der Waals surface area (Å²) in [4.78, 5) is 0. The molecule has 0 heterocycles. The van der Waals surface area contributed by atoms with Crippen molar-refractivity contribution in [2.75, 3.05) is 7.11 Å². The predicted octanol–water partition coefficient (Wildman–Crippen LogP) is 3.84.